The molecular weight excluding hydrogens is 354 g/mol. The summed E-state index contributed by atoms with van der Waals surface area (Å²) in [6.45, 7) is 1.95. The van der Waals surface area contributed by atoms with E-state index in [1.807, 2.05) is 43.5 Å². The Balaban J connectivity index is 1.32. The molecule has 1 atom stereocenters. The smallest absolute Gasteiger partial charge is 0.230 e. The van der Waals surface area contributed by atoms with Crippen LogP contribution in [0.3, 0.4) is 0 Å². The molecule has 1 amide bonds. The van der Waals surface area contributed by atoms with Crippen LogP contribution in [-0.2, 0) is 17.6 Å². The van der Waals surface area contributed by atoms with Crippen LogP contribution in [0.5, 0.6) is 0 Å². The van der Waals surface area contributed by atoms with Gasteiger partial charge < -0.3 is 10.3 Å². The Labute approximate surface area is 163 Å². The molecule has 0 spiro atoms. The van der Waals surface area contributed by atoms with E-state index in [2.05, 4.69) is 33.5 Å². The summed E-state index contributed by atoms with van der Waals surface area (Å²) in [7, 11) is 0. The van der Waals surface area contributed by atoms with Crippen molar-refractivity contribution in [2.45, 2.75) is 37.1 Å². The van der Waals surface area contributed by atoms with Crippen LogP contribution >= 0.6 is 11.8 Å². The predicted octanol–water partition coefficient (Wildman–Crippen LogP) is 4.53. The molecular formula is C22H23N3OS. The molecule has 0 bridgehead atoms. The number of hydrogen-bond donors (Lipinski definition) is 2. The fourth-order valence-corrected chi connectivity index (χ4v) is 4.23. The summed E-state index contributed by atoms with van der Waals surface area (Å²) >= 11 is 1.59. The van der Waals surface area contributed by atoms with Gasteiger partial charge in [-0.1, -0.05) is 36.4 Å². The van der Waals surface area contributed by atoms with Crippen molar-refractivity contribution >= 4 is 17.7 Å². The number of amides is 1. The Morgan fingerprint density at radius 2 is 2.00 bits per heavy atom. The highest BCUT2D eigenvalue weighted by Crippen LogP contribution is 2.27. The fraction of sp³-hybridized carbons (Fsp3) is 0.273. The van der Waals surface area contributed by atoms with Gasteiger partial charge in [-0.05, 0) is 55.0 Å². The SMILES string of the molecule is CC(NC(=O)CSc1ccc2c(c1)CCC2)c1ncc(-c2ccccc2)[nH]1. The number of nitrogens with one attached hydrogen (secondary N) is 2. The summed E-state index contributed by atoms with van der Waals surface area (Å²) in [6.07, 6.45) is 5.41. The molecule has 0 aliphatic heterocycles. The van der Waals surface area contributed by atoms with Crippen LogP contribution in [0, 0.1) is 0 Å². The van der Waals surface area contributed by atoms with Crippen molar-refractivity contribution in [2.24, 2.45) is 0 Å². The van der Waals surface area contributed by atoms with E-state index in [4.69, 9.17) is 0 Å². The van der Waals surface area contributed by atoms with Crippen LogP contribution in [-0.4, -0.2) is 21.6 Å². The second-order valence-electron chi connectivity index (χ2n) is 6.91. The van der Waals surface area contributed by atoms with Gasteiger partial charge in [0.2, 0.25) is 5.91 Å². The third-order valence-electron chi connectivity index (χ3n) is 4.91. The first kappa shape index (κ1) is 17.9. The number of fused-ring (bicyclic) bond motifs is 1. The first-order chi connectivity index (χ1) is 13.2. The third-order valence-corrected chi connectivity index (χ3v) is 5.90. The highest BCUT2D eigenvalue weighted by atomic mass is 32.2. The number of carbonyl (C=O) groups is 1. The van der Waals surface area contributed by atoms with E-state index in [0.29, 0.717) is 5.75 Å². The number of carbonyl (C=O) groups excluding carboxylic acids is 1. The maximum absolute atomic E-state index is 12.3. The minimum Gasteiger partial charge on any atom is -0.346 e. The number of rotatable bonds is 6. The fourth-order valence-electron chi connectivity index (χ4n) is 3.46. The third kappa shape index (κ3) is 4.25. The van der Waals surface area contributed by atoms with Crippen LogP contribution in [0.15, 0.2) is 59.6 Å². The van der Waals surface area contributed by atoms with E-state index >= 15 is 0 Å². The zero-order chi connectivity index (χ0) is 18.6. The number of thioether (sulfide) groups is 1. The molecule has 0 saturated carbocycles. The Morgan fingerprint density at radius 3 is 2.85 bits per heavy atom. The summed E-state index contributed by atoms with van der Waals surface area (Å²) in [4.78, 5) is 21.2. The van der Waals surface area contributed by atoms with Crippen molar-refractivity contribution in [1.82, 2.24) is 15.3 Å². The second-order valence-corrected chi connectivity index (χ2v) is 7.96. The zero-order valence-corrected chi connectivity index (χ0v) is 16.2. The van der Waals surface area contributed by atoms with E-state index in [1.54, 1.807) is 11.8 Å². The van der Waals surface area contributed by atoms with E-state index in [9.17, 15) is 4.79 Å². The largest absolute Gasteiger partial charge is 0.346 e. The lowest BCUT2D eigenvalue weighted by molar-refractivity contribution is -0.119. The normalized spacial score (nSPS) is 14.0. The molecule has 27 heavy (non-hydrogen) atoms. The van der Waals surface area contributed by atoms with Crippen LogP contribution in [0.25, 0.3) is 11.3 Å². The molecule has 1 aliphatic rings. The lowest BCUT2D eigenvalue weighted by Gasteiger charge is -2.12. The van der Waals surface area contributed by atoms with Crippen molar-refractivity contribution in [3.05, 3.63) is 71.7 Å². The highest BCUT2D eigenvalue weighted by Gasteiger charge is 2.15. The molecule has 0 fully saturated rings. The van der Waals surface area contributed by atoms with Crippen LogP contribution in [0.2, 0.25) is 0 Å². The quantitative estimate of drug-likeness (QED) is 0.620. The van der Waals surface area contributed by atoms with E-state index in [1.165, 1.54) is 28.9 Å². The predicted molar refractivity (Wildman–Crippen MR) is 110 cm³/mol. The Bertz CT molecular complexity index is 936. The van der Waals surface area contributed by atoms with Gasteiger partial charge >= 0.3 is 0 Å². The number of imidazole rings is 1. The summed E-state index contributed by atoms with van der Waals surface area (Å²) in [5.41, 5.74) is 4.95. The van der Waals surface area contributed by atoms with Gasteiger partial charge in [0.05, 0.1) is 23.7 Å². The average Bonchev–Trinajstić information content (AvgIpc) is 3.36. The summed E-state index contributed by atoms with van der Waals surface area (Å²) < 4.78 is 0. The van der Waals surface area contributed by atoms with Crippen molar-refractivity contribution in [2.75, 3.05) is 5.75 Å². The number of H-pyrrole nitrogens is 1. The molecule has 4 nitrogen and oxygen atoms in total. The van der Waals surface area contributed by atoms with Gasteiger partial charge in [0.1, 0.15) is 5.82 Å². The first-order valence-electron chi connectivity index (χ1n) is 9.33. The highest BCUT2D eigenvalue weighted by molar-refractivity contribution is 8.00. The number of aromatic amines is 1. The Hall–Kier alpha value is -2.53. The van der Waals surface area contributed by atoms with Crippen molar-refractivity contribution < 1.29 is 4.79 Å². The molecule has 1 aromatic heterocycles. The van der Waals surface area contributed by atoms with Gasteiger partial charge in [-0.2, -0.15) is 0 Å². The van der Waals surface area contributed by atoms with Gasteiger partial charge in [-0.15, -0.1) is 11.8 Å². The minimum absolute atomic E-state index is 0.0191. The number of hydrogen-bond acceptors (Lipinski definition) is 3. The first-order valence-corrected chi connectivity index (χ1v) is 10.3. The van der Waals surface area contributed by atoms with E-state index < -0.39 is 0 Å². The molecule has 0 radical (unpaired) electrons. The van der Waals surface area contributed by atoms with E-state index in [0.717, 1.165) is 23.5 Å². The average molecular weight is 378 g/mol. The molecule has 0 saturated heterocycles. The standard InChI is InChI=1S/C22H23N3OS/c1-15(22-23-13-20(25-22)17-6-3-2-4-7-17)24-21(26)14-27-19-11-10-16-8-5-9-18(16)12-19/h2-4,6-7,10-13,15H,5,8-9,14H2,1H3,(H,23,25)(H,24,26). The van der Waals surface area contributed by atoms with Gasteiger partial charge in [-0.3, -0.25) is 4.79 Å². The van der Waals surface area contributed by atoms with Crippen LogP contribution in [0.4, 0.5) is 0 Å². The van der Waals surface area contributed by atoms with E-state index in [-0.39, 0.29) is 11.9 Å². The number of aryl methyl sites for hydroxylation is 2. The van der Waals surface area contributed by atoms with Crippen molar-refractivity contribution in [3.63, 3.8) is 0 Å². The molecule has 2 N–H and O–H groups in total. The lowest BCUT2D eigenvalue weighted by atomic mass is 10.1. The lowest BCUT2D eigenvalue weighted by Crippen LogP contribution is -2.28. The van der Waals surface area contributed by atoms with Crippen molar-refractivity contribution in [1.29, 1.82) is 0 Å². The van der Waals surface area contributed by atoms with Gasteiger partial charge in [-0.25, -0.2) is 4.98 Å². The number of benzene rings is 2. The molecule has 138 valence electrons. The molecule has 1 aliphatic carbocycles. The number of aromatic nitrogens is 2. The maximum Gasteiger partial charge on any atom is 0.230 e. The zero-order valence-electron chi connectivity index (χ0n) is 15.4. The summed E-state index contributed by atoms with van der Waals surface area (Å²) in [6, 6.07) is 16.5. The monoisotopic (exact) mass is 377 g/mol. The Morgan fingerprint density at radius 1 is 1.19 bits per heavy atom. The molecule has 2 aromatic carbocycles. The molecule has 3 aromatic rings. The number of nitrogens with zero attached hydrogens (tertiary/aromatic N) is 1. The van der Waals surface area contributed by atoms with Crippen LogP contribution in [0.1, 0.15) is 36.3 Å². The molecule has 4 rings (SSSR count). The van der Waals surface area contributed by atoms with Crippen molar-refractivity contribution in [3.8, 4) is 11.3 Å². The molecule has 5 heteroatoms. The summed E-state index contributed by atoms with van der Waals surface area (Å²) in [5.74, 6) is 1.20. The van der Waals surface area contributed by atoms with Crippen LogP contribution < -0.4 is 5.32 Å². The van der Waals surface area contributed by atoms with Gasteiger partial charge in [0.15, 0.2) is 0 Å². The molecule has 1 unspecified atom stereocenters. The minimum atomic E-state index is -0.157. The van der Waals surface area contributed by atoms with Gasteiger partial charge in [0.25, 0.3) is 0 Å². The topological polar surface area (TPSA) is 57.8 Å². The summed E-state index contributed by atoms with van der Waals surface area (Å²) in [5, 5.41) is 3.03. The van der Waals surface area contributed by atoms with Gasteiger partial charge in [0, 0.05) is 4.90 Å². The maximum atomic E-state index is 12.3. The Kier molecular flexibility index (Phi) is 5.30. The second kappa shape index (κ2) is 8.01. The molecule has 1 heterocycles.